The lowest BCUT2D eigenvalue weighted by Crippen LogP contribution is -2.18. The van der Waals surface area contributed by atoms with Crippen LogP contribution in [-0.4, -0.2) is 38.6 Å². The van der Waals surface area contributed by atoms with Gasteiger partial charge in [0.25, 0.3) is 0 Å². The average Bonchev–Trinajstić information content (AvgIpc) is 3.50. The van der Waals surface area contributed by atoms with Crippen LogP contribution in [0.2, 0.25) is 0 Å². The van der Waals surface area contributed by atoms with E-state index in [1.165, 1.54) is 11.1 Å². The van der Waals surface area contributed by atoms with Crippen LogP contribution in [0.3, 0.4) is 0 Å². The van der Waals surface area contributed by atoms with Crippen molar-refractivity contribution in [2.75, 3.05) is 26.4 Å². The summed E-state index contributed by atoms with van der Waals surface area (Å²) in [4.78, 5) is 0. The third-order valence-corrected chi connectivity index (χ3v) is 4.87. The molecule has 4 nitrogen and oxygen atoms in total. The minimum absolute atomic E-state index is 0.0610. The molecule has 2 aliphatic heterocycles. The maximum Gasteiger partial charge on any atom is 0.119 e. The Kier molecular flexibility index (Phi) is 5.50. The molecule has 2 aliphatic rings. The van der Waals surface area contributed by atoms with Gasteiger partial charge >= 0.3 is 0 Å². The van der Waals surface area contributed by atoms with Gasteiger partial charge in [0.1, 0.15) is 31.2 Å². The summed E-state index contributed by atoms with van der Waals surface area (Å²) in [5.41, 5.74) is 2.47. The molecule has 1 aromatic carbocycles. The van der Waals surface area contributed by atoms with Crippen LogP contribution in [0, 0.1) is 0 Å². The number of hydrogen-bond acceptors (Lipinski definition) is 4. The fourth-order valence-corrected chi connectivity index (χ4v) is 2.44. The van der Waals surface area contributed by atoms with E-state index in [4.69, 9.17) is 18.9 Å². The molecule has 2 atom stereocenters. The first-order valence-corrected chi connectivity index (χ1v) is 8.90. The number of allylic oxidation sites excluding steroid dienone is 4. The van der Waals surface area contributed by atoms with Crippen molar-refractivity contribution in [1.82, 2.24) is 0 Å². The zero-order chi connectivity index (χ0) is 17.9. The highest BCUT2D eigenvalue weighted by molar-refractivity contribution is 5.38. The number of ether oxygens (including phenoxy) is 4. The first kappa shape index (κ1) is 18.0. The van der Waals surface area contributed by atoms with Crippen molar-refractivity contribution in [3.8, 4) is 5.75 Å². The van der Waals surface area contributed by atoms with E-state index < -0.39 is 0 Å². The first-order chi connectivity index (χ1) is 11.9. The Hall–Kier alpha value is -1.78. The van der Waals surface area contributed by atoms with E-state index in [1.807, 2.05) is 25.1 Å². The van der Waals surface area contributed by atoms with Crippen LogP contribution in [0.1, 0.15) is 33.3 Å². The topological polar surface area (TPSA) is 43.5 Å². The lowest BCUT2D eigenvalue weighted by atomic mass is 9.78. The molecule has 0 spiro atoms. The molecule has 0 amide bonds. The predicted molar refractivity (Wildman–Crippen MR) is 97.9 cm³/mol. The summed E-state index contributed by atoms with van der Waals surface area (Å²) in [5.74, 6) is 1.81. The quantitative estimate of drug-likeness (QED) is 0.386. The van der Waals surface area contributed by atoms with Gasteiger partial charge in [-0.3, -0.25) is 0 Å². The molecule has 0 bridgehead atoms. The van der Waals surface area contributed by atoms with Crippen LogP contribution in [0.25, 0.3) is 0 Å². The van der Waals surface area contributed by atoms with E-state index in [2.05, 4.69) is 39.0 Å². The number of epoxide rings is 2. The first-order valence-electron chi connectivity index (χ1n) is 8.90. The molecule has 0 radical (unpaired) electrons. The normalized spacial score (nSPS) is 23.4. The van der Waals surface area contributed by atoms with Gasteiger partial charge < -0.3 is 18.9 Å². The zero-order valence-electron chi connectivity index (χ0n) is 15.6. The molecule has 3 rings (SSSR count). The van der Waals surface area contributed by atoms with E-state index >= 15 is 0 Å². The van der Waals surface area contributed by atoms with Gasteiger partial charge in [0.05, 0.1) is 19.0 Å². The minimum atomic E-state index is -0.0610. The molecule has 0 aliphatic carbocycles. The van der Waals surface area contributed by atoms with Gasteiger partial charge in [-0.25, -0.2) is 0 Å². The van der Waals surface area contributed by atoms with Gasteiger partial charge in [-0.2, -0.15) is 0 Å². The van der Waals surface area contributed by atoms with Crippen molar-refractivity contribution in [2.45, 2.75) is 45.3 Å². The SMILES string of the molecule is C/C(=C\C=C(/C)C(C)(C)c1ccc(OCC2CO2)cc1)OCC1CO1. The summed E-state index contributed by atoms with van der Waals surface area (Å²) in [7, 11) is 0. The average molecular weight is 344 g/mol. The summed E-state index contributed by atoms with van der Waals surface area (Å²) in [5, 5.41) is 0. The zero-order valence-corrected chi connectivity index (χ0v) is 15.6. The largest absolute Gasteiger partial charge is 0.495 e. The van der Waals surface area contributed by atoms with Crippen LogP contribution in [0.4, 0.5) is 0 Å². The van der Waals surface area contributed by atoms with Gasteiger partial charge in [-0.15, -0.1) is 0 Å². The molecule has 136 valence electrons. The van der Waals surface area contributed by atoms with Gasteiger partial charge in [-0.05, 0) is 37.6 Å². The molecule has 1 aromatic rings. The van der Waals surface area contributed by atoms with Crippen molar-refractivity contribution in [3.63, 3.8) is 0 Å². The molecule has 2 fully saturated rings. The van der Waals surface area contributed by atoms with Crippen LogP contribution >= 0.6 is 0 Å². The van der Waals surface area contributed by atoms with E-state index in [-0.39, 0.29) is 17.6 Å². The van der Waals surface area contributed by atoms with Crippen molar-refractivity contribution in [1.29, 1.82) is 0 Å². The maximum absolute atomic E-state index is 5.71. The Balaban J connectivity index is 1.59. The second kappa shape index (κ2) is 7.63. The number of rotatable bonds is 9. The molecule has 0 saturated carbocycles. The Labute approximate surface area is 150 Å². The van der Waals surface area contributed by atoms with Crippen LogP contribution in [0.15, 0.2) is 47.7 Å². The second-order valence-electron chi connectivity index (χ2n) is 7.31. The van der Waals surface area contributed by atoms with Crippen LogP contribution in [-0.2, 0) is 19.6 Å². The molecule has 0 N–H and O–H groups in total. The fraction of sp³-hybridized carbons (Fsp3) is 0.524. The Morgan fingerprint density at radius 3 is 2.24 bits per heavy atom. The summed E-state index contributed by atoms with van der Waals surface area (Å²) >= 11 is 0. The lowest BCUT2D eigenvalue weighted by Gasteiger charge is -2.27. The van der Waals surface area contributed by atoms with Gasteiger partial charge in [0.2, 0.25) is 0 Å². The van der Waals surface area contributed by atoms with Crippen molar-refractivity contribution >= 4 is 0 Å². The molecule has 2 saturated heterocycles. The Bertz CT molecular complexity index is 634. The highest BCUT2D eigenvalue weighted by Crippen LogP contribution is 2.32. The third-order valence-electron chi connectivity index (χ3n) is 4.87. The van der Waals surface area contributed by atoms with Crippen molar-refractivity contribution in [3.05, 3.63) is 53.3 Å². The predicted octanol–water partition coefficient (Wildman–Crippen LogP) is 4.01. The van der Waals surface area contributed by atoms with Crippen LogP contribution in [0.5, 0.6) is 5.75 Å². The Morgan fingerprint density at radius 2 is 1.64 bits per heavy atom. The van der Waals surface area contributed by atoms with Crippen LogP contribution < -0.4 is 4.74 Å². The fourth-order valence-electron chi connectivity index (χ4n) is 2.44. The number of hydrogen-bond donors (Lipinski definition) is 0. The highest BCUT2D eigenvalue weighted by Gasteiger charge is 2.25. The minimum Gasteiger partial charge on any atom is -0.495 e. The van der Waals surface area contributed by atoms with Crippen molar-refractivity contribution < 1.29 is 18.9 Å². The molecule has 0 aromatic heterocycles. The Morgan fingerprint density at radius 1 is 1.04 bits per heavy atom. The van der Waals surface area contributed by atoms with Gasteiger partial charge in [0.15, 0.2) is 0 Å². The molecular formula is C21H28O4. The maximum atomic E-state index is 5.71. The summed E-state index contributed by atoms with van der Waals surface area (Å²) in [6.07, 6.45) is 4.74. The molecule has 2 heterocycles. The third kappa shape index (κ3) is 5.35. The highest BCUT2D eigenvalue weighted by atomic mass is 16.6. The molecular weight excluding hydrogens is 316 g/mol. The van der Waals surface area contributed by atoms with E-state index in [0.29, 0.717) is 13.2 Å². The summed E-state index contributed by atoms with van der Waals surface area (Å²) in [6.45, 7) is 11.5. The van der Waals surface area contributed by atoms with Gasteiger partial charge in [-0.1, -0.05) is 37.6 Å². The lowest BCUT2D eigenvalue weighted by molar-refractivity contribution is 0.184. The number of benzene rings is 1. The summed E-state index contributed by atoms with van der Waals surface area (Å²) in [6, 6.07) is 8.34. The van der Waals surface area contributed by atoms with Gasteiger partial charge in [0, 0.05) is 5.41 Å². The van der Waals surface area contributed by atoms with E-state index in [0.717, 1.165) is 24.7 Å². The molecule has 2 unspecified atom stereocenters. The molecule has 25 heavy (non-hydrogen) atoms. The summed E-state index contributed by atoms with van der Waals surface area (Å²) < 4.78 is 21.7. The standard InChI is InChI=1S/C21H28O4/c1-15(5-6-16(2)22-11-19-13-24-19)21(3,4)17-7-9-18(10-8-17)23-12-20-14-25-20/h5-10,19-20H,11-14H2,1-4H3/b15-5+,16-6+. The smallest absolute Gasteiger partial charge is 0.119 e. The molecule has 4 heteroatoms. The van der Waals surface area contributed by atoms with E-state index in [9.17, 15) is 0 Å². The monoisotopic (exact) mass is 344 g/mol. The second-order valence-corrected chi connectivity index (χ2v) is 7.31. The van der Waals surface area contributed by atoms with Crippen molar-refractivity contribution in [2.24, 2.45) is 0 Å². The van der Waals surface area contributed by atoms with E-state index in [1.54, 1.807) is 0 Å².